The lowest BCUT2D eigenvalue weighted by molar-refractivity contribution is -0.385. The molecule has 0 radical (unpaired) electrons. The number of amides is 1. The van der Waals surface area contributed by atoms with Gasteiger partial charge in [0.1, 0.15) is 0 Å². The summed E-state index contributed by atoms with van der Waals surface area (Å²) in [6, 6.07) is 4.85. The second kappa shape index (κ2) is 8.00. The number of thioether (sulfide) groups is 1. The number of carbonyl (C=O) groups is 1. The highest BCUT2D eigenvalue weighted by atomic mass is 32.2. The topological polar surface area (TPSA) is 93.5 Å². The van der Waals surface area contributed by atoms with Gasteiger partial charge < -0.3 is 15.4 Å². The summed E-state index contributed by atoms with van der Waals surface area (Å²) in [6.07, 6.45) is 0. The Labute approximate surface area is 132 Å². The molecule has 0 bridgehead atoms. The molecule has 1 fully saturated rings. The van der Waals surface area contributed by atoms with Crippen LogP contribution in [0.4, 0.5) is 5.69 Å². The van der Waals surface area contributed by atoms with Crippen LogP contribution in [0.15, 0.2) is 18.2 Å². The molecular weight excluding hydrogens is 306 g/mol. The maximum atomic E-state index is 11.7. The normalized spacial score (nSPS) is 14.2. The number of nitrogens with one attached hydrogen (secondary N) is 2. The van der Waals surface area contributed by atoms with Crippen molar-refractivity contribution in [2.24, 2.45) is 5.92 Å². The fourth-order valence-electron chi connectivity index (χ4n) is 2.03. The molecule has 1 heterocycles. The smallest absolute Gasteiger partial charge is 0.311 e. The van der Waals surface area contributed by atoms with Crippen molar-refractivity contribution >= 4 is 23.4 Å². The maximum absolute atomic E-state index is 11.7. The molecular formula is C14H19N3O4S. The third-order valence-corrected chi connectivity index (χ3v) is 4.40. The quantitative estimate of drug-likeness (QED) is 0.550. The minimum absolute atomic E-state index is 0.0000820. The minimum Gasteiger partial charge on any atom is -0.490 e. The highest BCUT2D eigenvalue weighted by Crippen LogP contribution is 2.28. The van der Waals surface area contributed by atoms with E-state index in [4.69, 9.17) is 4.74 Å². The molecule has 0 atom stereocenters. The van der Waals surface area contributed by atoms with Gasteiger partial charge in [0, 0.05) is 37.4 Å². The van der Waals surface area contributed by atoms with Crippen LogP contribution in [0.1, 0.15) is 5.56 Å². The van der Waals surface area contributed by atoms with Crippen LogP contribution in [-0.4, -0.2) is 43.3 Å². The molecule has 7 nitrogen and oxygen atoms in total. The molecule has 0 aromatic heterocycles. The van der Waals surface area contributed by atoms with Gasteiger partial charge in [-0.3, -0.25) is 14.9 Å². The van der Waals surface area contributed by atoms with E-state index in [1.54, 1.807) is 12.1 Å². The Morgan fingerprint density at radius 3 is 2.91 bits per heavy atom. The van der Waals surface area contributed by atoms with Crippen molar-refractivity contribution in [2.45, 2.75) is 5.75 Å². The first-order valence-corrected chi connectivity index (χ1v) is 8.12. The molecule has 0 spiro atoms. The number of hydrogen-bond donors (Lipinski definition) is 2. The molecule has 1 aliphatic heterocycles. The molecule has 0 unspecified atom stereocenters. The van der Waals surface area contributed by atoms with Crippen molar-refractivity contribution in [1.82, 2.24) is 10.6 Å². The number of benzene rings is 1. The van der Waals surface area contributed by atoms with Crippen LogP contribution in [0.3, 0.4) is 0 Å². The summed E-state index contributed by atoms with van der Waals surface area (Å²) in [6.45, 7) is 2.63. The molecule has 1 aliphatic rings. The summed E-state index contributed by atoms with van der Waals surface area (Å²) >= 11 is 1.43. The number of nitro groups is 1. The first-order chi connectivity index (χ1) is 10.6. The van der Waals surface area contributed by atoms with Crippen LogP contribution in [0.25, 0.3) is 0 Å². The van der Waals surface area contributed by atoms with Gasteiger partial charge in [0.2, 0.25) is 5.91 Å². The third kappa shape index (κ3) is 4.60. The Kier molecular flexibility index (Phi) is 6.02. The van der Waals surface area contributed by atoms with Crippen LogP contribution in [0.2, 0.25) is 0 Å². The zero-order valence-electron chi connectivity index (χ0n) is 12.3. The van der Waals surface area contributed by atoms with Gasteiger partial charge in [0.05, 0.1) is 17.8 Å². The first kappa shape index (κ1) is 16.6. The highest BCUT2D eigenvalue weighted by Gasteiger charge is 2.17. The average Bonchev–Trinajstić information content (AvgIpc) is 2.45. The van der Waals surface area contributed by atoms with E-state index in [9.17, 15) is 14.9 Å². The molecule has 0 saturated carbocycles. The number of ether oxygens (including phenoxy) is 1. The molecule has 2 N–H and O–H groups in total. The third-order valence-electron chi connectivity index (χ3n) is 3.40. The van der Waals surface area contributed by atoms with Crippen molar-refractivity contribution < 1.29 is 14.5 Å². The average molecular weight is 325 g/mol. The van der Waals surface area contributed by atoms with E-state index in [0.717, 1.165) is 18.7 Å². The Morgan fingerprint density at radius 2 is 2.32 bits per heavy atom. The summed E-state index contributed by atoms with van der Waals surface area (Å²) in [4.78, 5) is 22.2. The number of methoxy groups -OCH3 is 1. The minimum atomic E-state index is -0.466. The van der Waals surface area contributed by atoms with E-state index in [1.807, 2.05) is 0 Å². The lowest BCUT2D eigenvalue weighted by Crippen LogP contribution is -2.48. The Morgan fingerprint density at radius 1 is 1.55 bits per heavy atom. The van der Waals surface area contributed by atoms with Crippen LogP contribution in [0, 0.1) is 16.0 Å². The SMILES string of the molecule is COc1ccc(CSCC(=O)NCC2CNC2)cc1[N+](=O)[O-]. The van der Waals surface area contributed by atoms with E-state index in [-0.39, 0.29) is 17.3 Å². The van der Waals surface area contributed by atoms with Gasteiger partial charge in [-0.15, -0.1) is 11.8 Å². The molecule has 1 aromatic rings. The predicted octanol–water partition coefficient (Wildman–Crippen LogP) is 1.17. The number of nitrogens with zero attached hydrogens (tertiary/aromatic N) is 1. The van der Waals surface area contributed by atoms with Gasteiger partial charge in [-0.25, -0.2) is 0 Å². The predicted molar refractivity (Wildman–Crippen MR) is 85.2 cm³/mol. The van der Waals surface area contributed by atoms with Gasteiger partial charge >= 0.3 is 5.69 Å². The van der Waals surface area contributed by atoms with E-state index >= 15 is 0 Å². The monoisotopic (exact) mass is 325 g/mol. The Bertz CT molecular complexity index is 549. The van der Waals surface area contributed by atoms with Crippen LogP contribution >= 0.6 is 11.8 Å². The molecule has 1 aromatic carbocycles. The van der Waals surface area contributed by atoms with Crippen molar-refractivity contribution in [1.29, 1.82) is 0 Å². The molecule has 2 rings (SSSR count). The number of hydrogen-bond acceptors (Lipinski definition) is 6. The fourth-order valence-corrected chi connectivity index (χ4v) is 2.84. The zero-order valence-corrected chi connectivity index (χ0v) is 13.1. The van der Waals surface area contributed by atoms with Crippen molar-refractivity contribution in [3.05, 3.63) is 33.9 Å². The van der Waals surface area contributed by atoms with Gasteiger partial charge in [0.25, 0.3) is 0 Å². The summed E-state index contributed by atoms with van der Waals surface area (Å²) < 4.78 is 4.96. The zero-order chi connectivity index (χ0) is 15.9. The molecule has 0 aliphatic carbocycles. The summed E-state index contributed by atoms with van der Waals surface area (Å²) in [7, 11) is 1.40. The maximum Gasteiger partial charge on any atom is 0.311 e. The van der Waals surface area contributed by atoms with E-state index in [2.05, 4.69) is 10.6 Å². The van der Waals surface area contributed by atoms with Crippen LogP contribution < -0.4 is 15.4 Å². The van der Waals surface area contributed by atoms with Gasteiger partial charge in [0.15, 0.2) is 5.75 Å². The van der Waals surface area contributed by atoms with E-state index < -0.39 is 4.92 Å². The second-order valence-electron chi connectivity index (χ2n) is 5.08. The van der Waals surface area contributed by atoms with Gasteiger partial charge in [-0.05, 0) is 11.6 Å². The van der Waals surface area contributed by atoms with E-state index in [0.29, 0.717) is 24.0 Å². The standard InChI is InChI=1S/C14H19N3O4S/c1-21-13-3-2-10(4-12(13)17(19)20)8-22-9-14(18)16-7-11-5-15-6-11/h2-4,11,15H,5-9H2,1H3,(H,16,18). The molecule has 120 valence electrons. The van der Waals surface area contributed by atoms with Crippen molar-refractivity contribution in [3.8, 4) is 5.75 Å². The van der Waals surface area contributed by atoms with Crippen LogP contribution in [-0.2, 0) is 10.5 Å². The number of nitro benzene ring substituents is 1. The molecule has 8 heteroatoms. The fraction of sp³-hybridized carbons (Fsp3) is 0.500. The summed E-state index contributed by atoms with van der Waals surface area (Å²) in [5.41, 5.74) is 0.746. The second-order valence-corrected chi connectivity index (χ2v) is 6.07. The number of rotatable bonds is 8. The molecule has 22 heavy (non-hydrogen) atoms. The first-order valence-electron chi connectivity index (χ1n) is 6.96. The largest absolute Gasteiger partial charge is 0.490 e. The van der Waals surface area contributed by atoms with Crippen LogP contribution in [0.5, 0.6) is 5.75 Å². The Balaban J connectivity index is 1.77. The van der Waals surface area contributed by atoms with Gasteiger partial charge in [-0.1, -0.05) is 6.07 Å². The van der Waals surface area contributed by atoms with Crippen molar-refractivity contribution in [2.75, 3.05) is 32.5 Å². The summed E-state index contributed by atoms with van der Waals surface area (Å²) in [5, 5.41) is 17.0. The lowest BCUT2D eigenvalue weighted by atomic mass is 10.0. The lowest BCUT2D eigenvalue weighted by Gasteiger charge is -2.27. The highest BCUT2D eigenvalue weighted by molar-refractivity contribution is 7.99. The number of carbonyl (C=O) groups excluding carboxylic acids is 1. The van der Waals surface area contributed by atoms with Gasteiger partial charge in [-0.2, -0.15) is 0 Å². The molecule has 1 amide bonds. The Hall–Kier alpha value is -1.80. The van der Waals surface area contributed by atoms with Crippen molar-refractivity contribution in [3.63, 3.8) is 0 Å². The molecule has 1 saturated heterocycles. The summed E-state index contributed by atoms with van der Waals surface area (Å²) in [5.74, 6) is 1.67. The van der Waals surface area contributed by atoms with E-state index in [1.165, 1.54) is 24.9 Å².